The Balaban J connectivity index is 2.96. The Morgan fingerprint density at radius 2 is 1.40 bits per heavy atom. The van der Waals surface area contributed by atoms with E-state index in [1.165, 1.54) is 33.4 Å². The van der Waals surface area contributed by atoms with Crippen LogP contribution in [-0.4, -0.2) is 0 Å². The Morgan fingerprint density at radius 3 is 2.00 bits per heavy atom. The second-order valence-electron chi connectivity index (χ2n) is 6.23. The Morgan fingerprint density at radius 1 is 0.840 bits per heavy atom. The standard InChI is InChI=1S/C25H26/c1-7-13-21-18(5)19(6)25(22-17-12-11-16-20(22)10-4)24(15-9-3)23(21)14-8-2/h4,7-9,11-12,16-17H,1-3,13-15H2,5-6H3. The van der Waals surface area contributed by atoms with Gasteiger partial charge in [-0.05, 0) is 78.1 Å². The maximum Gasteiger partial charge on any atom is 0.0321 e. The average molecular weight is 326 g/mol. The summed E-state index contributed by atoms with van der Waals surface area (Å²) in [5.74, 6) is 2.84. The summed E-state index contributed by atoms with van der Waals surface area (Å²) in [7, 11) is 0. The van der Waals surface area contributed by atoms with Gasteiger partial charge in [-0.3, -0.25) is 0 Å². The molecule has 0 aliphatic heterocycles. The predicted octanol–water partition coefficient (Wildman–Crippen LogP) is 6.14. The van der Waals surface area contributed by atoms with Crippen molar-refractivity contribution in [1.82, 2.24) is 0 Å². The van der Waals surface area contributed by atoms with Crippen LogP contribution in [0.4, 0.5) is 0 Å². The van der Waals surface area contributed by atoms with Crippen LogP contribution in [0.1, 0.15) is 33.4 Å². The van der Waals surface area contributed by atoms with Gasteiger partial charge in [-0.1, -0.05) is 42.3 Å². The minimum atomic E-state index is 0.808. The van der Waals surface area contributed by atoms with Crippen LogP contribution in [0.3, 0.4) is 0 Å². The first-order chi connectivity index (χ1) is 12.1. The summed E-state index contributed by atoms with van der Waals surface area (Å²) in [5.41, 5.74) is 9.88. The third-order valence-corrected chi connectivity index (χ3v) is 4.82. The third kappa shape index (κ3) is 3.52. The van der Waals surface area contributed by atoms with E-state index < -0.39 is 0 Å². The molecule has 0 aliphatic carbocycles. The Hall–Kier alpha value is -2.78. The minimum Gasteiger partial charge on any atom is -0.115 e. The van der Waals surface area contributed by atoms with Crippen LogP contribution in [0.15, 0.2) is 62.2 Å². The smallest absolute Gasteiger partial charge is 0.0321 e. The normalized spacial score (nSPS) is 10.1. The molecule has 0 saturated heterocycles. The highest BCUT2D eigenvalue weighted by Crippen LogP contribution is 2.37. The number of rotatable bonds is 7. The summed E-state index contributed by atoms with van der Waals surface area (Å²) in [5, 5.41) is 0. The third-order valence-electron chi connectivity index (χ3n) is 4.82. The molecule has 0 atom stereocenters. The van der Waals surface area contributed by atoms with E-state index in [0.29, 0.717) is 0 Å². The maximum atomic E-state index is 5.77. The number of allylic oxidation sites excluding steroid dienone is 3. The van der Waals surface area contributed by atoms with Crippen molar-refractivity contribution in [2.75, 3.05) is 0 Å². The first-order valence-corrected chi connectivity index (χ1v) is 8.63. The van der Waals surface area contributed by atoms with Gasteiger partial charge in [0, 0.05) is 5.56 Å². The highest BCUT2D eigenvalue weighted by molar-refractivity contribution is 5.80. The van der Waals surface area contributed by atoms with Gasteiger partial charge in [-0.2, -0.15) is 0 Å². The molecule has 0 aromatic heterocycles. The number of terminal acetylenes is 1. The zero-order chi connectivity index (χ0) is 18.4. The van der Waals surface area contributed by atoms with Gasteiger partial charge in [0.1, 0.15) is 0 Å². The predicted molar refractivity (Wildman–Crippen MR) is 111 cm³/mol. The lowest BCUT2D eigenvalue weighted by atomic mass is 9.80. The molecule has 0 bridgehead atoms. The number of hydrogen-bond donors (Lipinski definition) is 0. The Bertz CT molecular complexity index is 857. The largest absolute Gasteiger partial charge is 0.115 e. The van der Waals surface area contributed by atoms with Gasteiger partial charge in [0.25, 0.3) is 0 Å². The topological polar surface area (TPSA) is 0 Å². The summed E-state index contributed by atoms with van der Waals surface area (Å²) in [4.78, 5) is 0. The van der Waals surface area contributed by atoms with Crippen LogP contribution in [-0.2, 0) is 19.3 Å². The monoisotopic (exact) mass is 326 g/mol. The molecule has 126 valence electrons. The Kier molecular flexibility index (Phi) is 6.20. The van der Waals surface area contributed by atoms with E-state index in [2.05, 4.69) is 45.6 Å². The molecule has 0 aliphatic rings. The maximum absolute atomic E-state index is 5.77. The quantitative estimate of drug-likeness (QED) is 0.423. The fourth-order valence-electron chi connectivity index (χ4n) is 3.57. The fraction of sp³-hybridized carbons (Fsp3) is 0.200. The molecular formula is C25H26. The minimum absolute atomic E-state index is 0.808. The van der Waals surface area contributed by atoms with E-state index in [4.69, 9.17) is 6.42 Å². The van der Waals surface area contributed by atoms with Crippen molar-refractivity contribution in [1.29, 1.82) is 0 Å². The SMILES string of the molecule is C#Cc1ccccc1-c1c(C)c(C)c(CC=C)c(CC=C)c1CC=C. The van der Waals surface area contributed by atoms with Gasteiger partial charge < -0.3 is 0 Å². The fourth-order valence-corrected chi connectivity index (χ4v) is 3.57. The van der Waals surface area contributed by atoms with E-state index >= 15 is 0 Å². The van der Waals surface area contributed by atoms with Crippen molar-refractivity contribution in [3.05, 3.63) is 95.6 Å². The molecular weight excluding hydrogens is 300 g/mol. The highest BCUT2D eigenvalue weighted by Gasteiger charge is 2.20. The van der Waals surface area contributed by atoms with Gasteiger partial charge in [-0.15, -0.1) is 26.2 Å². The van der Waals surface area contributed by atoms with Crippen molar-refractivity contribution in [2.24, 2.45) is 0 Å². The molecule has 0 fully saturated rings. The summed E-state index contributed by atoms with van der Waals surface area (Å²) in [6, 6.07) is 8.17. The van der Waals surface area contributed by atoms with E-state index in [1.807, 2.05) is 36.4 Å². The molecule has 0 N–H and O–H groups in total. The number of benzene rings is 2. The van der Waals surface area contributed by atoms with E-state index in [1.54, 1.807) is 0 Å². The van der Waals surface area contributed by atoms with Crippen LogP contribution < -0.4 is 0 Å². The average Bonchev–Trinajstić information content (AvgIpc) is 2.63. The molecule has 2 aromatic rings. The van der Waals surface area contributed by atoms with Crippen molar-refractivity contribution in [3.8, 4) is 23.5 Å². The van der Waals surface area contributed by atoms with Crippen molar-refractivity contribution in [3.63, 3.8) is 0 Å². The first kappa shape index (κ1) is 18.6. The molecule has 2 aromatic carbocycles. The summed E-state index contributed by atoms with van der Waals surface area (Å²) in [6.07, 6.45) is 14.2. The van der Waals surface area contributed by atoms with E-state index in [0.717, 1.165) is 30.4 Å². The summed E-state index contributed by atoms with van der Waals surface area (Å²) in [6.45, 7) is 16.3. The molecule has 0 radical (unpaired) electrons. The zero-order valence-electron chi connectivity index (χ0n) is 15.4. The lowest BCUT2D eigenvalue weighted by molar-refractivity contribution is 1.05. The summed E-state index contributed by atoms with van der Waals surface area (Å²) < 4.78 is 0. The van der Waals surface area contributed by atoms with Crippen molar-refractivity contribution in [2.45, 2.75) is 33.1 Å². The van der Waals surface area contributed by atoms with Gasteiger partial charge in [0.2, 0.25) is 0 Å². The number of hydrogen-bond acceptors (Lipinski definition) is 0. The second kappa shape index (κ2) is 8.36. The molecule has 0 heterocycles. The van der Waals surface area contributed by atoms with Crippen molar-refractivity contribution >= 4 is 0 Å². The van der Waals surface area contributed by atoms with Crippen molar-refractivity contribution < 1.29 is 0 Å². The van der Waals surface area contributed by atoms with Crippen LogP contribution in [0, 0.1) is 26.2 Å². The highest BCUT2D eigenvalue weighted by atomic mass is 14.2. The Labute approximate surface area is 152 Å². The lowest BCUT2D eigenvalue weighted by Crippen LogP contribution is -2.08. The zero-order valence-corrected chi connectivity index (χ0v) is 15.4. The molecule has 0 unspecified atom stereocenters. The van der Waals surface area contributed by atoms with Crippen LogP contribution >= 0.6 is 0 Å². The van der Waals surface area contributed by atoms with Gasteiger partial charge in [0.15, 0.2) is 0 Å². The van der Waals surface area contributed by atoms with Gasteiger partial charge >= 0.3 is 0 Å². The van der Waals surface area contributed by atoms with Gasteiger partial charge in [0.05, 0.1) is 0 Å². The van der Waals surface area contributed by atoms with Gasteiger partial charge in [-0.25, -0.2) is 0 Å². The van der Waals surface area contributed by atoms with Crippen LogP contribution in [0.2, 0.25) is 0 Å². The lowest BCUT2D eigenvalue weighted by Gasteiger charge is -2.24. The molecule has 0 nitrogen and oxygen atoms in total. The molecule has 0 spiro atoms. The summed E-state index contributed by atoms with van der Waals surface area (Å²) >= 11 is 0. The molecule has 2 rings (SSSR count). The van der Waals surface area contributed by atoms with Crippen LogP contribution in [0.5, 0.6) is 0 Å². The van der Waals surface area contributed by atoms with Crippen LogP contribution in [0.25, 0.3) is 11.1 Å². The van der Waals surface area contributed by atoms with E-state index in [9.17, 15) is 0 Å². The molecule has 25 heavy (non-hydrogen) atoms. The second-order valence-corrected chi connectivity index (χ2v) is 6.23. The first-order valence-electron chi connectivity index (χ1n) is 8.63. The molecule has 0 heteroatoms. The van der Waals surface area contributed by atoms with E-state index in [-0.39, 0.29) is 0 Å². The molecule has 0 amide bonds. The molecule has 0 saturated carbocycles.